The molecule has 214 valence electrons. The number of carbonyl (C=O) groups is 2. The van der Waals surface area contributed by atoms with Crippen molar-refractivity contribution in [3.63, 3.8) is 0 Å². The summed E-state index contributed by atoms with van der Waals surface area (Å²) in [7, 11) is -4.17. The second kappa shape index (κ2) is 14.2. The molecule has 0 bridgehead atoms. The number of hydrogen-bond acceptors (Lipinski definition) is 4. The molecule has 7 nitrogen and oxygen atoms in total. The molecule has 0 aliphatic rings. The third-order valence-corrected chi connectivity index (χ3v) is 8.92. The minimum atomic E-state index is -4.17. The Morgan fingerprint density at radius 1 is 0.925 bits per heavy atom. The Bertz CT molecular complexity index is 1450. The van der Waals surface area contributed by atoms with Gasteiger partial charge >= 0.3 is 0 Å². The maximum absolute atomic E-state index is 14.1. The van der Waals surface area contributed by atoms with Crippen LogP contribution in [0.4, 0.5) is 5.69 Å². The summed E-state index contributed by atoms with van der Waals surface area (Å²) in [5.41, 5.74) is 1.44. The molecule has 0 heterocycles. The van der Waals surface area contributed by atoms with E-state index in [1.807, 2.05) is 6.92 Å². The maximum atomic E-state index is 14.1. The van der Waals surface area contributed by atoms with Gasteiger partial charge < -0.3 is 10.2 Å². The van der Waals surface area contributed by atoms with Crippen LogP contribution in [0.5, 0.6) is 0 Å². The van der Waals surface area contributed by atoms with Crippen molar-refractivity contribution in [3.05, 3.63) is 92.9 Å². The molecule has 0 fully saturated rings. The van der Waals surface area contributed by atoms with E-state index in [9.17, 15) is 18.0 Å². The molecule has 0 aliphatic heterocycles. The normalized spacial score (nSPS) is 12.1. The molecule has 0 saturated heterocycles. The number of hydrogen-bond donors (Lipinski definition) is 1. The summed E-state index contributed by atoms with van der Waals surface area (Å²) in [4.78, 5) is 28.7. The molecule has 0 spiro atoms. The number of rotatable bonds is 12. The smallest absolute Gasteiger partial charge is 0.264 e. The molecule has 1 unspecified atom stereocenters. The number of aryl methyl sites for hydroxylation is 1. The average Bonchev–Trinajstić information content (AvgIpc) is 2.92. The monoisotopic (exact) mass is 623 g/mol. The summed E-state index contributed by atoms with van der Waals surface area (Å²) in [6.45, 7) is 5.31. The van der Waals surface area contributed by atoms with Gasteiger partial charge in [0.15, 0.2) is 0 Å². The number of anilines is 1. The highest BCUT2D eigenvalue weighted by Gasteiger charge is 2.34. The number of nitrogens with one attached hydrogen (secondary N) is 1. The van der Waals surface area contributed by atoms with Crippen molar-refractivity contribution in [2.45, 2.75) is 51.1 Å². The van der Waals surface area contributed by atoms with Gasteiger partial charge in [-0.3, -0.25) is 13.9 Å². The van der Waals surface area contributed by atoms with Gasteiger partial charge in [0.2, 0.25) is 11.8 Å². The molecule has 11 heteroatoms. The number of carbonyl (C=O) groups excluding carboxylic acids is 2. The number of benzene rings is 3. The lowest BCUT2D eigenvalue weighted by atomic mass is 10.1. The molecular weight excluding hydrogens is 593 g/mol. The largest absolute Gasteiger partial charge is 0.354 e. The Morgan fingerprint density at radius 2 is 1.57 bits per heavy atom. The molecule has 0 aromatic heterocycles. The van der Waals surface area contributed by atoms with Crippen LogP contribution >= 0.6 is 34.8 Å². The van der Waals surface area contributed by atoms with Crippen LogP contribution in [0.25, 0.3) is 0 Å². The summed E-state index contributed by atoms with van der Waals surface area (Å²) >= 11 is 18.7. The molecule has 3 aromatic rings. The lowest BCUT2D eigenvalue weighted by molar-refractivity contribution is -0.140. The van der Waals surface area contributed by atoms with E-state index in [0.29, 0.717) is 44.8 Å². The number of halogens is 3. The van der Waals surface area contributed by atoms with Crippen LogP contribution in [0.3, 0.4) is 0 Å². The van der Waals surface area contributed by atoms with Gasteiger partial charge in [-0.15, -0.1) is 0 Å². The SMILES string of the molecule is CCCNC(=O)C(CC)N(Cc1ccc(Cl)cc1Cl)C(=O)CN(c1ccc(Cl)cc1C)S(=O)(=O)c1ccccc1. The Morgan fingerprint density at radius 3 is 2.17 bits per heavy atom. The third-order valence-electron chi connectivity index (χ3n) is 6.33. The fourth-order valence-corrected chi connectivity index (χ4v) is 6.45. The lowest BCUT2D eigenvalue weighted by Crippen LogP contribution is -2.52. The van der Waals surface area contributed by atoms with Crippen molar-refractivity contribution in [2.24, 2.45) is 0 Å². The second-order valence-electron chi connectivity index (χ2n) is 9.23. The van der Waals surface area contributed by atoms with Crippen molar-refractivity contribution >= 4 is 62.3 Å². The Hall–Kier alpha value is -2.78. The zero-order chi connectivity index (χ0) is 29.4. The van der Waals surface area contributed by atoms with E-state index >= 15 is 0 Å². The minimum absolute atomic E-state index is 0.0221. The summed E-state index contributed by atoms with van der Waals surface area (Å²) in [6.07, 6.45) is 1.02. The standard InChI is InChI=1S/C29H32Cl3N3O4S/c1-4-15-33-29(37)26(5-2)34(18-21-11-12-23(31)17-25(21)32)28(36)19-35(27-14-13-22(30)16-20(27)3)40(38,39)24-9-7-6-8-10-24/h6-14,16-17,26H,4-5,15,18-19H2,1-3H3,(H,33,37). The van der Waals surface area contributed by atoms with Crippen molar-refractivity contribution in [2.75, 3.05) is 17.4 Å². The first-order chi connectivity index (χ1) is 19.0. The van der Waals surface area contributed by atoms with E-state index in [4.69, 9.17) is 34.8 Å². The van der Waals surface area contributed by atoms with Crippen LogP contribution < -0.4 is 9.62 Å². The van der Waals surface area contributed by atoms with Crippen molar-refractivity contribution in [3.8, 4) is 0 Å². The van der Waals surface area contributed by atoms with E-state index in [0.717, 1.165) is 10.7 Å². The molecule has 3 aromatic carbocycles. The zero-order valence-corrected chi connectivity index (χ0v) is 25.6. The fourth-order valence-electron chi connectivity index (χ4n) is 4.25. The van der Waals surface area contributed by atoms with Crippen molar-refractivity contribution in [1.29, 1.82) is 0 Å². The van der Waals surface area contributed by atoms with Gasteiger partial charge in [-0.05, 0) is 73.4 Å². The third kappa shape index (κ3) is 7.69. The van der Waals surface area contributed by atoms with Gasteiger partial charge in [-0.25, -0.2) is 8.42 Å². The minimum Gasteiger partial charge on any atom is -0.354 e. The number of nitrogens with zero attached hydrogens (tertiary/aromatic N) is 2. The molecule has 2 amide bonds. The number of amides is 2. The maximum Gasteiger partial charge on any atom is 0.264 e. The highest BCUT2D eigenvalue weighted by Crippen LogP contribution is 2.30. The highest BCUT2D eigenvalue weighted by atomic mass is 35.5. The first-order valence-electron chi connectivity index (χ1n) is 12.8. The topological polar surface area (TPSA) is 86.8 Å². The molecular formula is C29H32Cl3N3O4S. The zero-order valence-electron chi connectivity index (χ0n) is 22.5. The summed E-state index contributed by atoms with van der Waals surface area (Å²) < 4.78 is 28.9. The predicted octanol–water partition coefficient (Wildman–Crippen LogP) is 6.48. The number of sulfonamides is 1. The van der Waals surface area contributed by atoms with Crippen LogP contribution in [0.1, 0.15) is 37.8 Å². The van der Waals surface area contributed by atoms with E-state index in [1.54, 1.807) is 68.4 Å². The van der Waals surface area contributed by atoms with Gasteiger partial charge in [0.25, 0.3) is 10.0 Å². The van der Waals surface area contributed by atoms with Crippen LogP contribution in [0.2, 0.25) is 15.1 Å². The van der Waals surface area contributed by atoms with Crippen molar-refractivity contribution < 1.29 is 18.0 Å². The molecule has 0 radical (unpaired) electrons. The molecule has 0 aliphatic carbocycles. The van der Waals surface area contributed by atoms with Crippen LogP contribution in [0, 0.1) is 6.92 Å². The second-order valence-corrected chi connectivity index (χ2v) is 12.4. The van der Waals surface area contributed by atoms with E-state index in [1.165, 1.54) is 17.0 Å². The van der Waals surface area contributed by atoms with Gasteiger partial charge in [0, 0.05) is 28.2 Å². The molecule has 0 saturated carbocycles. The van der Waals surface area contributed by atoms with E-state index in [-0.39, 0.29) is 17.3 Å². The lowest BCUT2D eigenvalue weighted by Gasteiger charge is -2.33. The van der Waals surface area contributed by atoms with Gasteiger partial charge in [0.1, 0.15) is 12.6 Å². The van der Waals surface area contributed by atoms with Crippen molar-refractivity contribution in [1.82, 2.24) is 10.2 Å². The summed E-state index contributed by atoms with van der Waals surface area (Å²) in [5, 5.41) is 4.04. The van der Waals surface area contributed by atoms with Crippen LogP contribution in [-0.4, -0.2) is 44.3 Å². The first kappa shape index (κ1) is 31.7. The molecule has 1 N–H and O–H groups in total. The van der Waals surface area contributed by atoms with Crippen LogP contribution in [0.15, 0.2) is 71.6 Å². The van der Waals surface area contributed by atoms with Gasteiger partial charge in [-0.2, -0.15) is 0 Å². The fraction of sp³-hybridized carbons (Fsp3) is 0.310. The Labute approximate surface area is 251 Å². The van der Waals surface area contributed by atoms with Gasteiger partial charge in [-0.1, -0.05) is 72.9 Å². The quantitative estimate of drug-likeness (QED) is 0.250. The molecule has 40 heavy (non-hydrogen) atoms. The Balaban J connectivity index is 2.09. The highest BCUT2D eigenvalue weighted by molar-refractivity contribution is 7.92. The predicted molar refractivity (Wildman–Crippen MR) is 162 cm³/mol. The van der Waals surface area contributed by atoms with Gasteiger partial charge in [0.05, 0.1) is 10.6 Å². The average molecular weight is 625 g/mol. The summed E-state index contributed by atoms with van der Waals surface area (Å²) in [6, 6.07) is 16.7. The van der Waals surface area contributed by atoms with E-state index in [2.05, 4.69) is 5.32 Å². The summed E-state index contributed by atoms with van der Waals surface area (Å²) in [5.74, 6) is -0.902. The van der Waals surface area contributed by atoms with E-state index < -0.39 is 28.5 Å². The Kier molecular flexibility index (Phi) is 11.3. The molecule has 3 rings (SSSR count). The first-order valence-corrected chi connectivity index (χ1v) is 15.4. The molecule has 1 atom stereocenters. The van der Waals surface area contributed by atoms with Crippen LogP contribution in [-0.2, 0) is 26.2 Å².